The molecule has 3 rings (SSSR count). The van der Waals surface area contributed by atoms with Gasteiger partial charge in [-0.2, -0.15) is 0 Å². The lowest BCUT2D eigenvalue weighted by molar-refractivity contribution is 0.138. The maximum atomic E-state index is 12.3. The van der Waals surface area contributed by atoms with Crippen molar-refractivity contribution in [3.05, 3.63) is 59.8 Å². The van der Waals surface area contributed by atoms with Gasteiger partial charge in [-0.05, 0) is 43.7 Å². The molecule has 1 saturated carbocycles. The van der Waals surface area contributed by atoms with E-state index in [9.17, 15) is 8.42 Å². The highest BCUT2D eigenvalue weighted by Gasteiger charge is 2.26. The number of pyridine rings is 1. The molecule has 0 atom stereocenters. The third-order valence-corrected chi connectivity index (χ3v) is 5.80. The smallest absolute Gasteiger partial charge is 0.216 e. The topological polar surface area (TPSA) is 68.3 Å². The van der Waals surface area contributed by atoms with Crippen LogP contribution in [-0.2, 0) is 15.8 Å². The highest BCUT2D eigenvalue weighted by atomic mass is 32.2. The van der Waals surface area contributed by atoms with Crippen molar-refractivity contribution >= 4 is 10.0 Å². The summed E-state index contributed by atoms with van der Waals surface area (Å²) in [6, 6.07) is 13.1. The Morgan fingerprint density at radius 3 is 2.44 bits per heavy atom. The van der Waals surface area contributed by atoms with Gasteiger partial charge in [0.1, 0.15) is 6.10 Å². The Morgan fingerprint density at radius 2 is 1.80 bits per heavy atom. The second kappa shape index (κ2) is 7.97. The molecule has 0 amide bonds. The lowest BCUT2D eigenvalue weighted by Crippen LogP contribution is -2.40. The van der Waals surface area contributed by atoms with Crippen LogP contribution in [0.3, 0.4) is 0 Å². The Labute approximate surface area is 149 Å². The highest BCUT2D eigenvalue weighted by Crippen LogP contribution is 2.23. The minimum Gasteiger partial charge on any atom is -0.474 e. The van der Waals surface area contributed by atoms with Gasteiger partial charge in [0, 0.05) is 18.3 Å². The molecule has 5 nitrogen and oxygen atoms in total. The van der Waals surface area contributed by atoms with E-state index in [1.807, 2.05) is 49.4 Å². The molecule has 1 aromatic heterocycles. The zero-order valence-corrected chi connectivity index (χ0v) is 15.2. The third kappa shape index (κ3) is 5.54. The molecule has 1 N–H and O–H groups in total. The summed E-state index contributed by atoms with van der Waals surface area (Å²) in [5.41, 5.74) is 1.90. The lowest BCUT2D eigenvalue weighted by Gasteiger charge is -2.29. The Bertz CT molecular complexity index is 768. The average molecular weight is 360 g/mol. The highest BCUT2D eigenvalue weighted by molar-refractivity contribution is 7.88. The van der Waals surface area contributed by atoms with Gasteiger partial charge in [-0.1, -0.05) is 36.4 Å². The third-order valence-electron chi connectivity index (χ3n) is 4.39. The van der Waals surface area contributed by atoms with Gasteiger partial charge in [0.25, 0.3) is 0 Å². The van der Waals surface area contributed by atoms with Gasteiger partial charge in [-0.25, -0.2) is 18.1 Å². The molecular formula is C19H24N2O3S. The molecule has 0 bridgehead atoms. The fourth-order valence-corrected chi connectivity index (χ4v) is 4.54. The number of benzene rings is 1. The monoisotopic (exact) mass is 360 g/mol. The van der Waals surface area contributed by atoms with Crippen LogP contribution >= 0.6 is 0 Å². The Hall–Kier alpha value is -1.92. The zero-order chi connectivity index (χ0) is 17.7. The first-order valence-electron chi connectivity index (χ1n) is 8.63. The van der Waals surface area contributed by atoms with E-state index in [1.54, 1.807) is 6.20 Å². The molecule has 1 fully saturated rings. The van der Waals surface area contributed by atoms with Gasteiger partial charge in [0.15, 0.2) is 0 Å². The van der Waals surface area contributed by atoms with E-state index in [4.69, 9.17) is 4.74 Å². The minimum absolute atomic E-state index is 0.0143. The first kappa shape index (κ1) is 17.9. The van der Waals surface area contributed by atoms with Crippen LogP contribution in [-0.4, -0.2) is 25.5 Å². The van der Waals surface area contributed by atoms with Crippen molar-refractivity contribution in [1.82, 2.24) is 9.71 Å². The Morgan fingerprint density at radius 1 is 1.08 bits per heavy atom. The van der Waals surface area contributed by atoms with E-state index in [2.05, 4.69) is 9.71 Å². The second-order valence-corrected chi connectivity index (χ2v) is 8.38. The van der Waals surface area contributed by atoms with E-state index in [1.165, 1.54) is 0 Å². The summed E-state index contributed by atoms with van der Waals surface area (Å²) in [6.07, 6.45) is 5.11. The van der Waals surface area contributed by atoms with Crippen molar-refractivity contribution in [1.29, 1.82) is 0 Å². The summed E-state index contributed by atoms with van der Waals surface area (Å²) in [5, 5.41) is 0. The predicted octanol–water partition coefficient (Wildman–Crippen LogP) is 3.20. The number of nitrogens with one attached hydrogen (secondary N) is 1. The van der Waals surface area contributed by atoms with E-state index in [-0.39, 0.29) is 17.9 Å². The molecule has 0 saturated heterocycles. The largest absolute Gasteiger partial charge is 0.474 e. The van der Waals surface area contributed by atoms with Crippen LogP contribution in [0.5, 0.6) is 5.88 Å². The van der Waals surface area contributed by atoms with Crippen molar-refractivity contribution in [3.8, 4) is 5.88 Å². The van der Waals surface area contributed by atoms with Crippen LogP contribution < -0.4 is 9.46 Å². The summed E-state index contributed by atoms with van der Waals surface area (Å²) < 4.78 is 33.4. The summed E-state index contributed by atoms with van der Waals surface area (Å²) in [4.78, 5) is 4.26. The molecule has 0 aliphatic heterocycles. The fourth-order valence-electron chi connectivity index (χ4n) is 3.08. The molecule has 1 aliphatic rings. The standard InChI is InChI=1S/C19H24N2O3S/c1-15-7-12-19(20-13-15)24-18-10-8-17(9-11-18)21-25(22,23)14-16-5-3-2-4-6-16/h2-7,12-13,17-18,21H,8-11,14H2,1H3. The summed E-state index contributed by atoms with van der Waals surface area (Å²) >= 11 is 0. The molecule has 134 valence electrons. The van der Waals surface area contributed by atoms with Crippen molar-refractivity contribution in [2.24, 2.45) is 0 Å². The number of hydrogen-bond donors (Lipinski definition) is 1. The van der Waals surface area contributed by atoms with Crippen LogP contribution in [0.1, 0.15) is 36.8 Å². The number of sulfonamides is 1. The minimum atomic E-state index is -3.32. The van der Waals surface area contributed by atoms with Crippen LogP contribution in [0.25, 0.3) is 0 Å². The van der Waals surface area contributed by atoms with Crippen LogP contribution in [0.2, 0.25) is 0 Å². The zero-order valence-electron chi connectivity index (χ0n) is 14.4. The van der Waals surface area contributed by atoms with E-state index < -0.39 is 10.0 Å². The van der Waals surface area contributed by atoms with Crippen molar-refractivity contribution in [2.45, 2.75) is 50.5 Å². The van der Waals surface area contributed by atoms with Crippen molar-refractivity contribution in [3.63, 3.8) is 0 Å². The maximum absolute atomic E-state index is 12.3. The number of hydrogen-bond acceptors (Lipinski definition) is 4. The first-order valence-corrected chi connectivity index (χ1v) is 10.3. The number of aromatic nitrogens is 1. The molecule has 1 aromatic carbocycles. The average Bonchev–Trinajstić information content (AvgIpc) is 2.59. The quantitative estimate of drug-likeness (QED) is 0.859. The van der Waals surface area contributed by atoms with Gasteiger partial charge < -0.3 is 4.74 Å². The van der Waals surface area contributed by atoms with Crippen molar-refractivity contribution < 1.29 is 13.2 Å². The van der Waals surface area contributed by atoms with Gasteiger partial charge in [-0.15, -0.1) is 0 Å². The molecule has 0 spiro atoms. The summed E-state index contributed by atoms with van der Waals surface area (Å²) in [7, 11) is -3.32. The maximum Gasteiger partial charge on any atom is 0.216 e. The molecule has 0 unspecified atom stereocenters. The molecule has 6 heteroatoms. The van der Waals surface area contributed by atoms with E-state index >= 15 is 0 Å². The van der Waals surface area contributed by atoms with Crippen LogP contribution in [0, 0.1) is 6.92 Å². The predicted molar refractivity (Wildman–Crippen MR) is 97.8 cm³/mol. The Balaban J connectivity index is 1.48. The molecule has 1 aliphatic carbocycles. The molecular weight excluding hydrogens is 336 g/mol. The van der Waals surface area contributed by atoms with Gasteiger partial charge in [0.2, 0.25) is 15.9 Å². The lowest BCUT2D eigenvalue weighted by atomic mass is 9.94. The van der Waals surface area contributed by atoms with E-state index in [0.29, 0.717) is 5.88 Å². The van der Waals surface area contributed by atoms with Gasteiger partial charge in [-0.3, -0.25) is 0 Å². The first-order chi connectivity index (χ1) is 12.0. The van der Waals surface area contributed by atoms with E-state index in [0.717, 1.165) is 36.8 Å². The van der Waals surface area contributed by atoms with Crippen LogP contribution in [0.4, 0.5) is 0 Å². The molecule has 2 aromatic rings. The summed E-state index contributed by atoms with van der Waals surface area (Å²) in [5.74, 6) is 0.663. The SMILES string of the molecule is Cc1ccc(OC2CCC(NS(=O)(=O)Cc3ccccc3)CC2)nc1. The Kier molecular flexibility index (Phi) is 5.71. The van der Waals surface area contributed by atoms with Gasteiger partial charge in [0.05, 0.1) is 5.75 Å². The normalized spacial score (nSPS) is 21.0. The fraction of sp³-hybridized carbons (Fsp3) is 0.421. The van der Waals surface area contributed by atoms with Gasteiger partial charge >= 0.3 is 0 Å². The molecule has 25 heavy (non-hydrogen) atoms. The molecule has 0 radical (unpaired) electrons. The second-order valence-electron chi connectivity index (χ2n) is 6.63. The number of ether oxygens (including phenoxy) is 1. The van der Waals surface area contributed by atoms with Crippen molar-refractivity contribution in [2.75, 3.05) is 0 Å². The number of rotatable bonds is 6. The van der Waals surface area contributed by atoms with Crippen LogP contribution in [0.15, 0.2) is 48.7 Å². The molecule has 1 heterocycles. The number of nitrogens with zero attached hydrogens (tertiary/aromatic N) is 1. The summed E-state index contributed by atoms with van der Waals surface area (Å²) in [6.45, 7) is 1.99. The number of aryl methyl sites for hydroxylation is 1.